The number of methoxy groups -OCH3 is 1. The Balaban J connectivity index is 2.48. The fraction of sp³-hybridized carbons (Fsp3) is 0.100. The van der Waals surface area contributed by atoms with Crippen molar-refractivity contribution < 1.29 is 9.53 Å². The molecule has 0 fully saturated rings. The van der Waals surface area contributed by atoms with Gasteiger partial charge in [-0.3, -0.25) is 0 Å². The molecule has 2 heterocycles. The van der Waals surface area contributed by atoms with Crippen molar-refractivity contribution in [1.29, 1.82) is 0 Å². The van der Waals surface area contributed by atoms with Gasteiger partial charge in [0.1, 0.15) is 15.7 Å². The van der Waals surface area contributed by atoms with Crippen molar-refractivity contribution in [1.82, 2.24) is 14.8 Å². The molecule has 17 heavy (non-hydrogen) atoms. The molecule has 0 amide bonds. The van der Waals surface area contributed by atoms with Gasteiger partial charge in [-0.15, -0.1) is 12.6 Å². The predicted molar refractivity (Wildman–Crippen MR) is 65.0 cm³/mol. The number of halogens is 1. The molecule has 5 nitrogen and oxygen atoms in total. The Bertz CT molecular complexity index is 570. The van der Waals surface area contributed by atoms with E-state index in [1.807, 2.05) is 0 Å². The van der Waals surface area contributed by atoms with Gasteiger partial charge in [-0.1, -0.05) is 17.7 Å². The Morgan fingerprint density at radius 2 is 2.29 bits per heavy atom. The van der Waals surface area contributed by atoms with Crippen LogP contribution in [0.3, 0.4) is 0 Å². The molecular formula is C10H8ClN3O2S. The van der Waals surface area contributed by atoms with Gasteiger partial charge in [0.15, 0.2) is 5.82 Å². The fourth-order valence-corrected chi connectivity index (χ4v) is 1.74. The third-order valence-corrected chi connectivity index (χ3v) is 2.71. The van der Waals surface area contributed by atoms with E-state index >= 15 is 0 Å². The van der Waals surface area contributed by atoms with Gasteiger partial charge in [0.05, 0.1) is 13.3 Å². The first-order valence-corrected chi connectivity index (χ1v) is 5.44. The molecule has 0 aliphatic rings. The van der Waals surface area contributed by atoms with Crippen LogP contribution >= 0.6 is 24.2 Å². The van der Waals surface area contributed by atoms with E-state index in [1.54, 1.807) is 18.2 Å². The molecule has 0 unspecified atom stereocenters. The molecule has 0 aliphatic heterocycles. The monoisotopic (exact) mass is 269 g/mol. The van der Waals surface area contributed by atoms with Crippen LogP contribution in [-0.2, 0) is 4.74 Å². The molecule has 0 N–H and O–H groups in total. The maximum atomic E-state index is 11.4. The van der Waals surface area contributed by atoms with Gasteiger partial charge in [0, 0.05) is 0 Å². The zero-order chi connectivity index (χ0) is 12.4. The number of pyridine rings is 1. The Hall–Kier alpha value is -1.53. The third kappa shape index (κ3) is 2.27. The maximum Gasteiger partial charge on any atom is 0.342 e. The molecule has 0 spiro atoms. The lowest BCUT2D eigenvalue weighted by Crippen LogP contribution is -2.03. The summed E-state index contributed by atoms with van der Waals surface area (Å²) in [6, 6.07) is 5.09. The quantitative estimate of drug-likeness (QED) is 0.515. The second-order valence-electron chi connectivity index (χ2n) is 3.10. The normalized spacial score (nSPS) is 10.3. The molecular weight excluding hydrogens is 262 g/mol. The van der Waals surface area contributed by atoms with Crippen LogP contribution in [0.1, 0.15) is 10.4 Å². The highest BCUT2D eigenvalue weighted by molar-refractivity contribution is 7.80. The van der Waals surface area contributed by atoms with Gasteiger partial charge in [0.2, 0.25) is 0 Å². The van der Waals surface area contributed by atoms with E-state index in [0.717, 1.165) is 0 Å². The number of hydrogen-bond donors (Lipinski definition) is 1. The van der Waals surface area contributed by atoms with Crippen molar-refractivity contribution in [3.8, 4) is 5.82 Å². The lowest BCUT2D eigenvalue weighted by atomic mass is 10.4. The van der Waals surface area contributed by atoms with Crippen LogP contribution in [0.4, 0.5) is 0 Å². The number of thiol groups is 1. The molecule has 88 valence electrons. The van der Waals surface area contributed by atoms with E-state index < -0.39 is 5.97 Å². The number of hydrogen-bond acceptors (Lipinski definition) is 5. The van der Waals surface area contributed by atoms with E-state index in [9.17, 15) is 4.79 Å². The second kappa shape index (κ2) is 4.77. The van der Waals surface area contributed by atoms with E-state index in [1.165, 1.54) is 18.0 Å². The van der Waals surface area contributed by atoms with Crippen molar-refractivity contribution in [2.45, 2.75) is 5.03 Å². The summed E-state index contributed by atoms with van der Waals surface area (Å²) in [6.07, 6.45) is 1.37. The highest BCUT2D eigenvalue weighted by Crippen LogP contribution is 2.18. The second-order valence-corrected chi connectivity index (χ2v) is 3.91. The minimum Gasteiger partial charge on any atom is -0.465 e. The fourth-order valence-electron chi connectivity index (χ4n) is 1.28. The summed E-state index contributed by atoms with van der Waals surface area (Å²) in [4.78, 5) is 15.4. The average Bonchev–Trinajstić information content (AvgIpc) is 2.70. The van der Waals surface area contributed by atoms with Gasteiger partial charge in [-0.05, 0) is 12.1 Å². The van der Waals surface area contributed by atoms with Gasteiger partial charge in [-0.25, -0.2) is 14.5 Å². The molecule has 0 aromatic carbocycles. The van der Waals surface area contributed by atoms with Crippen molar-refractivity contribution in [2.75, 3.05) is 7.11 Å². The van der Waals surface area contributed by atoms with E-state index in [0.29, 0.717) is 16.0 Å². The lowest BCUT2D eigenvalue weighted by Gasteiger charge is -2.03. The molecule has 7 heteroatoms. The van der Waals surface area contributed by atoms with Crippen molar-refractivity contribution >= 4 is 30.2 Å². The Labute approximate surface area is 108 Å². The topological polar surface area (TPSA) is 57.0 Å². The summed E-state index contributed by atoms with van der Waals surface area (Å²) in [5.41, 5.74) is 0.276. The summed E-state index contributed by atoms with van der Waals surface area (Å²) >= 11 is 9.99. The molecule has 0 aliphatic carbocycles. The number of aromatic nitrogens is 3. The number of esters is 1. The van der Waals surface area contributed by atoms with Gasteiger partial charge >= 0.3 is 5.97 Å². The molecule has 0 saturated heterocycles. The van der Waals surface area contributed by atoms with Crippen LogP contribution < -0.4 is 0 Å². The summed E-state index contributed by atoms with van der Waals surface area (Å²) in [5, 5.41) is 4.71. The molecule has 0 radical (unpaired) electrons. The summed E-state index contributed by atoms with van der Waals surface area (Å²) in [7, 11) is 1.30. The molecule has 0 saturated carbocycles. The van der Waals surface area contributed by atoms with Crippen LogP contribution in [0.15, 0.2) is 29.4 Å². The van der Waals surface area contributed by atoms with Gasteiger partial charge in [-0.2, -0.15) is 5.10 Å². The summed E-state index contributed by atoms with van der Waals surface area (Å²) in [5.74, 6) is -0.0130. The van der Waals surface area contributed by atoms with E-state index in [-0.39, 0.29) is 5.56 Å². The van der Waals surface area contributed by atoms with Crippen LogP contribution in [-0.4, -0.2) is 27.8 Å². The predicted octanol–water partition coefficient (Wildman–Crippen LogP) is 2.00. The molecule has 0 bridgehead atoms. The Kier molecular flexibility index (Phi) is 3.35. The van der Waals surface area contributed by atoms with Gasteiger partial charge < -0.3 is 4.74 Å². The first-order chi connectivity index (χ1) is 8.13. The van der Waals surface area contributed by atoms with Crippen LogP contribution in [0.2, 0.25) is 5.15 Å². The van der Waals surface area contributed by atoms with Crippen LogP contribution in [0, 0.1) is 0 Å². The average molecular weight is 270 g/mol. The Morgan fingerprint density at radius 1 is 1.53 bits per heavy atom. The first-order valence-electron chi connectivity index (χ1n) is 4.61. The highest BCUT2D eigenvalue weighted by atomic mass is 35.5. The van der Waals surface area contributed by atoms with Crippen molar-refractivity contribution in [2.24, 2.45) is 0 Å². The highest BCUT2D eigenvalue weighted by Gasteiger charge is 2.16. The standard InChI is InChI=1S/C10H8ClN3O2S/c1-16-10(15)6-5-12-14(9(6)17)8-4-2-3-7(11)13-8/h2-5,17H,1H3. The largest absolute Gasteiger partial charge is 0.465 e. The smallest absolute Gasteiger partial charge is 0.342 e. The summed E-state index contributed by atoms with van der Waals surface area (Å²) in [6.45, 7) is 0. The molecule has 2 aromatic rings. The first kappa shape index (κ1) is 11.9. The van der Waals surface area contributed by atoms with Crippen molar-refractivity contribution in [3.63, 3.8) is 0 Å². The molecule has 2 rings (SSSR count). The van der Waals surface area contributed by atoms with Crippen LogP contribution in [0.25, 0.3) is 5.82 Å². The molecule has 2 aromatic heterocycles. The van der Waals surface area contributed by atoms with Crippen molar-refractivity contribution in [3.05, 3.63) is 35.1 Å². The number of carbonyl (C=O) groups is 1. The maximum absolute atomic E-state index is 11.4. The zero-order valence-corrected chi connectivity index (χ0v) is 10.4. The molecule has 0 atom stereocenters. The number of rotatable bonds is 2. The number of carbonyl (C=O) groups excluding carboxylic acids is 1. The van der Waals surface area contributed by atoms with Gasteiger partial charge in [0.25, 0.3) is 0 Å². The van der Waals surface area contributed by atoms with Crippen LogP contribution in [0.5, 0.6) is 0 Å². The number of ether oxygens (including phenoxy) is 1. The zero-order valence-electron chi connectivity index (χ0n) is 8.79. The summed E-state index contributed by atoms with van der Waals surface area (Å²) < 4.78 is 6.01. The van der Waals surface area contributed by atoms with E-state index in [4.69, 9.17) is 11.6 Å². The Morgan fingerprint density at radius 3 is 2.94 bits per heavy atom. The third-order valence-electron chi connectivity index (χ3n) is 2.07. The minimum absolute atomic E-state index is 0.276. The van der Waals surface area contributed by atoms with E-state index in [2.05, 4.69) is 27.4 Å². The lowest BCUT2D eigenvalue weighted by molar-refractivity contribution is 0.0596. The minimum atomic E-state index is -0.497. The number of nitrogens with zero attached hydrogens (tertiary/aromatic N) is 3. The SMILES string of the molecule is COC(=O)c1cnn(-c2cccc(Cl)n2)c1S.